The van der Waals surface area contributed by atoms with Gasteiger partial charge in [0.05, 0.1) is 18.7 Å². The van der Waals surface area contributed by atoms with Crippen molar-refractivity contribution >= 4 is 52.1 Å². The summed E-state index contributed by atoms with van der Waals surface area (Å²) in [5.41, 5.74) is 2.36. The van der Waals surface area contributed by atoms with Gasteiger partial charge in [0.1, 0.15) is 6.10 Å². The van der Waals surface area contributed by atoms with Crippen LogP contribution in [0.5, 0.6) is 0 Å². The van der Waals surface area contributed by atoms with Crippen molar-refractivity contribution < 1.29 is 14.3 Å². The number of ether oxygens (including phenoxy) is 1. The molecule has 1 aromatic carbocycles. The third-order valence-corrected chi connectivity index (χ3v) is 5.96. The van der Waals surface area contributed by atoms with Crippen molar-refractivity contribution in [1.29, 1.82) is 0 Å². The average molecular weight is 432 g/mol. The molecule has 3 aliphatic rings. The maximum Gasteiger partial charge on any atom is 0.414 e. The van der Waals surface area contributed by atoms with Gasteiger partial charge in [0.2, 0.25) is 0 Å². The van der Waals surface area contributed by atoms with Gasteiger partial charge in [-0.1, -0.05) is 29.9 Å². The second kappa shape index (κ2) is 8.55. The first kappa shape index (κ1) is 19.9. The Hall–Kier alpha value is -2.38. The van der Waals surface area contributed by atoms with Crippen LogP contribution in [0.1, 0.15) is 19.3 Å². The Morgan fingerprint density at radius 1 is 1.21 bits per heavy atom. The summed E-state index contributed by atoms with van der Waals surface area (Å²) in [6.07, 6.45) is 5.43. The highest BCUT2D eigenvalue weighted by Gasteiger charge is 2.33. The van der Waals surface area contributed by atoms with E-state index >= 15 is 0 Å². The smallest absolute Gasteiger partial charge is 0.414 e. The number of anilines is 2. The van der Waals surface area contributed by atoms with Gasteiger partial charge in [-0.2, -0.15) is 0 Å². The second-order valence-corrected chi connectivity index (χ2v) is 8.24. The van der Waals surface area contributed by atoms with Crippen molar-refractivity contribution in [1.82, 2.24) is 5.32 Å². The number of cyclic esters (lactones) is 1. The fourth-order valence-corrected chi connectivity index (χ4v) is 4.15. The lowest BCUT2D eigenvalue weighted by molar-refractivity contribution is -0.117. The summed E-state index contributed by atoms with van der Waals surface area (Å²) in [6.45, 7) is 2.75. The molecule has 1 aliphatic carbocycles. The summed E-state index contributed by atoms with van der Waals surface area (Å²) >= 11 is 11.2. The number of allylic oxidation sites excluding steroid dienone is 3. The van der Waals surface area contributed by atoms with E-state index in [1.54, 1.807) is 17.1 Å². The number of carbonyl (C=O) groups excluding carboxylic acids is 2. The van der Waals surface area contributed by atoms with Gasteiger partial charge in [0.15, 0.2) is 0 Å². The zero-order valence-corrected chi connectivity index (χ0v) is 17.5. The predicted molar refractivity (Wildman–Crippen MR) is 118 cm³/mol. The van der Waals surface area contributed by atoms with Gasteiger partial charge in [-0.05, 0) is 43.2 Å². The van der Waals surface area contributed by atoms with Gasteiger partial charge < -0.3 is 15.0 Å². The Labute approximate surface area is 180 Å². The van der Waals surface area contributed by atoms with Crippen LogP contribution in [0, 0.1) is 0 Å². The van der Waals surface area contributed by atoms with E-state index in [9.17, 15) is 9.59 Å². The Kier molecular flexibility index (Phi) is 5.87. The van der Waals surface area contributed by atoms with E-state index in [0.717, 1.165) is 18.8 Å². The fourth-order valence-electron chi connectivity index (χ4n) is 3.73. The second-order valence-electron chi connectivity index (χ2n) is 7.31. The highest BCUT2D eigenvalue weighted by atomic mass is 35.5. The van der Waals surface area contributed by atoms with Crippen LogP contribution in [0.15, 0.2) is 47.0 Å². The zero-order valence-electron chi connectivity index (χ0n) is 15.9. The van der Waals surface area contributed by atoms with E-state index < -0.39 is 12.2 Å². The number of thiocarbonyl (C=S) groups is 1. The molecule has 1 aromatic rings. The maximum atomic E-state index is 12.4. The predicted octanol–water partition coefficient (Wildman–Crippen LogP) is 3.55. The molecular formula is C21H22ClN3O3S. The number of carbonyl (C=O) groups is 2. The monoisotopic (exact) mass is 431 g/mol. The minimum atomic E-state index is -0.423. The summed E-state index contributed by atoms with van der Waals surface area (Å²) in [4.78, 5) is 29.2. The Morgan fingerprint density at radius 2 is 1.90 bits per heavy atom. The lowest BCUT2D eigenvalue weighted by Crippen LogP contribution is -2.36. The summed E-state index contributed by atoms with van der Waals surface area (Å²) < 4.78 is 5.42. The minimum absolute atomic E-state index is 0.216. The summed E-state index contributed by atoms with van der Waals surface area (Å²) in [5.74, 6) is -0.300. The lowest BCUT2D eigenvalue weighted by Gasteiger charge is -2.19. The number of rotatable bonds is 5. The molecule has 2 heterocycles. The first-order chi connectivity index (χ1) is 14.0. The number of benzene rings is 1. The number of hydrogen-bond acceptors (Lipinski definition) is 5. The molecule has 0 radical (unpaired) electrons. The van der Waals surface area contributed by atoms with E-state index in [0.29, 0.717) is 28.4 Å². The first-order valence-corrected chi connectivity index (χ1v) is 10.5. The SMILES string of the molecule is O=C(NCC1CN(c2ccc(N3CCCC3)cc2)C(=O)O1)C1=CC(Cl)=CCC1=S. The van der Waals surface area contributed by atoms with Crippen molar-refractivity contribution in [2.45, 2.75) is 25.4 Å². The van der Waals surface area contributed by atoms with Crippen molar-refractivity contribution in [2.24, 2.45) is 0 Å². The fraction of sp³-hybridized carbons (Fsp3) is 0.381. The van der Waals surface area contributed by atoms with E-state index in [1.807, 2.05) is 24.3 Å². The molecular weight excluding hydrogens is 410 g/mol. The van der Waals surface area contributed by atoms with Gasteiger partial charge in [0, 0.05) is 40.8 Å². The van der Waals surface area contributed by atoms with Gasteiger partial charge in [-0.25, -0.2) is 4.79 Å². The zero-order chi connectivity index (χ0) is 20.4. The Morgan fingerprint density at radius 3 is 2.62 bits per heavy atom. The molecule has 0 aromatic heterocycles. The normalized spacial score (nSPS) is 21.8. The van der Waals surface area contributed by atoms with Gasteiger partial charge >= 0.3 is 6.09 Å². The topological polar surface area (TPSA) is 61.9 Å². The molecule has 29 heavy (non-hydrogen) atoms. The van der Waals surface area contributed by atoms with Crippen LogP contribution in [-0.4, -0.2) is 49.1 Å². The highest BCUT2D eigenvalue weighted by molar-refractivity contribution is 7.81. The minimum Gasteiger partial charge on any atom is -0.442 e. The molecule has 1 unspecified atom stereocenters. The molecule has 0 bridgehead atoms. The van der Waals surface area contributed by atoms with Crippen LogP contribution in [0.25, 0.3) is 0 Å². The molecule has 0 spiro atoms. The maximum absolute atomic E-state index is 12.4. The van der Waals surface area contributed by atoms with Crippen molar-refractivity contribution in [3.05, 3.63) is 47.0 Å². The quantitative estimate of drug-likeness (QED) is 0.722. The van der Waals surface area contributed by atoms with Crippen LogP contribution in [0.3, 0.4) is 0 Å². The molecule has 1 atom stereocenters. The molecule has 2 fully saturated rings. The molecule has 2 saturated heterocycles. The Balaban J connectivity index is 1.34. The molecule has 1 N–H and O–H groups in total. The standard InChI is InChI=1S/C21H22ClN3O3S/c22-14-3-8-19(29)18(11-14)20(26)23-12-17-13-25(21(27)28-17)16-6-4-15(5-7-16)24-9-1-2-10-24/h3-7,11,17H,1-2,8-10,12-13H2,(H,23,26). The number of hydrogen-bond donors (Lipinski definition) is 1. The van der Waals surface area contributed by atoms with Crippen LogP contribution in [0.4, 0.5) is 16.2 Å². The summed E-state index contributed by atoms with van der Waals surface area (Å²) in [7, 11) is 0. The average Bonchev–Trinajstić information content (AvgIpc) is 3.38. The van der Waals surface area contributed by atoms with Crippen molar-refractivity contribution in [3.8, 4) is 0 Å². The van der Waals surface area contributed by atoms with Crippen LogP contribution >= 0.6 is 23.8 Å². The number of halogens is 1. The first-order valence-electron chi connectivity index (χ1n) is 9.73. The molecule has 6 nitrogen and oxygen atoms in total. The van der Waals surface area contributed by atoms with Crippen molar-refractivity contribution in [2.75, 3.05) is 36.0 Å². The molecule has 8 heteroatoms. The number of nitrogens with zero attached hydrogens (tertiary/aromatic N) is 2. The number of nitrogens with one attached hydrogen (secondary N) is 1. The van der Waals surface area contributed by atoms with Gasteiger partial charge in [-0.3, -0.25) is 9.69 Å². The van der Waals surface area contributed by atoms with Gasteiger partial charge in [0.25, 0.3) is 5.91 Å². The third kappa shape index (κ3) is 4.46. The third-order valence-electron chi connectivity index (χ3n) is 5.31. The molecule has 152 valence electrons. The van der Waals surface area contributed by atoms with E-state index in [2.05, 4.69) is 10.2 Å². The summed E-state index contributed by atoms with van der Waals surface area (Å²) in [5, 5.41) is 3.29. The largest absolute Gasteiger partial charge is 0.442 e. The highest BCUT2D eigenvalue weighted by Crippen LogP contribution is 2.26. The van der Waals surface area contributed by atoms with Crippen molar-refractivity contribution in [3.63, 3.8) is 0 Å². The number of amides is 2. The Bertz CT molecular complexity index is 891. The van der Waals surface area contributed by atoms with Gasteiger partial charge in [-0.15, -0.1) is 0 Å². The van der Waals surface area contributed by atoms with E-state index in [4.69, 9.17) is 28.6 Å². The van der Waals surface area contributed by atoms with Crippen LogP contribution in [0.2, 0.25) is 0 Å². The van der Waals surface area contributed by atoms with E-state index in [1.165, 1.54) is 18.5 Å². The molecule has 2 aliphatic heterocycles. The molecule has 4 rings (SSSR count). The summed E-state index contributed by atoms with van der Waals surface area (Å²) in [6, 6.07) is 7.96. The van der Waals surface area contributed by atoms with Crippen LogP contribution in [-0.2, 0) is 9.53 Å². The lowest BCUT2D eigenvalue weighted by atomic mass is 10.0. The molecule has 2 amide bonds. The van der Waals surface area contributed by atoms with E-state index in [-0.39, 0.29) is 12.5 Å². The van der Waals surface area contributed by atoms with Crippen LogP contribution < -0.4 is 15.1 Å². The molecule has 0 saturated carbocycles.